The van der Waals surface area contributed by atoms with Crippen molar-refractivity contribution < 1.29 is 19.0 Å². The van der Waals surface area contributed by atoms with Crippen LogP contribution in [-0.2, 0) is 0 Å². The maximum absolute atomic E-state index is 12.3. The van der Waals surface area contributed by atoms with Crippen molar-refractivity contribution in [2.45, 2.75) is 0 Å². The van der Waals surface area contributed by atoms with E-state index in [0.29, 0.717) is 37.7 Å². The molecule has 1 N–H and O–H groups in total. The summed E-state index contributed by atoms with van der Waals surface area (Å²) in [5.74, 6) is 3.05. The minimum atomic E-state index is -0.0649. The Morgan fingerprint density at radius 2 is 1.96 bits per heavy atom. The van der Waals surface area contributed by atoms with Crippen molar-refractivity contribution in [2.24, 2.45) is 0 Å². The molecule has 2 amide bonds. The van der Waals surface area contributed by atoms with Gasteiger partial charge < -0.3 is 29.3 Å². The molecular weight excluding hydrogens is 348 g/mol. The van der Waals surface area contributed by atoms with Crippen LogP contribution in [-0.4, -0.2) is 62.0 Å². The second-order valence-electron chi connectivity index (χ2n) is 6.26. The first kappa shape index (κ1) is 17.3. The Morgan fingerprint density at radius 3 is 2.78 bits per heavy atom. The van der Waals surface area contributed by atoms with Crippen LogP contribution in [0.25, 0.3) is 0 Å². The number of hydrogen-bond acceptors (Lipinski definition) is 6. The van der Waals surface area contributed by atoms with E-state index in [1.807, 2.05) is 35.2 Å². The molecule has 27 heavy (non-hydrogen) atoms. The largest absolute Gasteiger partial charge is 0.492 e. The van der Waals surface area contributed by atoms with E-state index in [1.54, 1.807) is 12.3 Å². The normalized spacial score (nSPS) is 15.6. The number of aromatic nitrogens is 1. The summed E-state index contributed by atoms with van der Waals surface area (Å²) in [5.41, 5.74) is 0. The van der Waals surface area contributed by atoms with Crippen LogP contribution in [0, 0.1) is 0 Å². The molecule has 3 heterocycles. The van der Waals surface area contributed by atoms with E-state index in [0.717, 1.165) is 24.7 Å². The fraction of sp³-hybridized carbons (Fsp3) is 0.368. The van der Waals surface area contributed by atoms with Gasteiger partial charge in [-0.2, -0.15) is 0 Å². The van der Waals surface area contributed by atoms with Crippen molar-refractivity contribution >= 4 is 11.8 Å². The summed E-state index contributed by atoms with van der Waals surface area (Å²) in [7, 11) is 0. The number of hydrogen-bond donors (Lipinski definition) is 1. The number of nitrogens with one attached hydrogen (secondary N) is 1. The number of carbonyl (C=O) groups is 1. The minimum Gasteiger partial charge on any atom is -0.492 e. The second kappa shape index (κ2) is 8.03. The molecule has 1 fully saturated rings. The molecule has 0 bridgehead atoms. The molecule has 0 atom stereocenters. The van der Waals surface area contributed by atoms with Crippen molar-refractivity contribution in [1.29, 1.82) is 0 Å². The average Bonchev–Trinajstić information content (AvgIpc) is 3.20. The van der Waals surface area contributed by atoms with E-state index in [9.17, 15) is 4.79 Å². The van der Waals surface area contributed by atoms with Crippen molar-refractivity contribution in [3.63, 3.8) is 0 Å². The molecule has 0 spiro atoms. The Balaban J connectivity index is 1.17. The molecular formula is C19H22N4O4. The first-order valence-electron chi connectivity index (χ1n) is 9.01. The number of anilines is 1. The lowest BCUT2D eigenvalue weighted by molar-refractivity contribution is 0.173. The van der Waals surface area contributed by atoms with Gasteiger partial charge in [0.25, 0.3) is 0 Å². The van der Waals surface area contributed by atoms with Gasteiger partial charge in [-0.1, -0.05) is 6.07 Å². The van der Waals surface area contributed by atoms with Crippen LogP contribution < -0.4 is 24.4 Å². The molecule has 0 unspecified atom stereocenters. The number of benzene rings is 1. The Hall–Kier alpha value is -3.16. The van der Waals surface area contributed by atoms with Crippen molar-refractivity contribution in [2.75, 3.05) is 51.0 Å². The molecule has 0 aliphatic carbocycles. The topological polar surface area (TPSA) is 76.2 Å². The van der Waals surface area contributed by atoms with E-state index in [4.69, 9.17) is 14.2 Å². The monoisotopic (exact) mass is 370 g/mol. The highest BCUT2D eigenvalue weighted by atomic mass is 16.7. The molecule has 1 saturated heterocycles. The van der Waals surface area contributed by atoms with Gasteiger partial charge in [0.05, 0.1) is 6.54 Å². The van der Waals surface area contributed by atoms with Crippen LogP contribution in [0.1, 0.15) is 0 Å². The number of fused-ring (bicyclic) bond motifs is 1. The second-order valence-corrected chi connectivity index (χ2v) is 6.26. The zero-order valence-corrected chi connectivity index (χ0v) is 15.0. The number of rotatable bonds is 5. The fourth-order valence-corrected chi connectivity index (χ4v) is 3.08. The molecule has 1 aromatic carbocycles. The van der Waals surface area contributed by atoms with E-state index in [-0.39, 0.29) is 12.8 Å². The van der Waals surface area contributed by atoms with Crippen molar-refractivity contribution in [3.05, 3.63) is 42.6 Å². The predicted octanol–water partition coefficient (Wildman–Crippen LogP) is 1.72. The van der Waals surface area contributed by atoms with Crippen LogP contribution in [0.4, 0.5) is 10.6 Å². The highest BCUT2D eigenvalue weighted by Crippen LogP contribution is 2.34. The predicted molar refractivity (Wildman–Crippen MR) is 99.5 cm³/mol. The van der Waals surface area contributed by atoms with E-state index < -0.39 is 0 Å². The lowest BCUT2D eigenvalue weighted by Gasteiger charge is -2.35. The number of carbonyl (C=O) groups excluding carboxylic acids is 1. The molecule has 8 nitrogen and oxygen atoms in total. The van der Waals surface area contributed by atoms with Gasteiger partial charge >= 0.3 is 6.03 Å². The molecule has 4 rings (SSSR count). The number of nitrogens with zero attached hydrogens (tertiary/aromatic N) is 3. The summed E-state index contributed by atoms with van der Waals surface area (Å²) < 4.78 is 16.2. The maximum atomic E-state index is 12.3. The average molecular weight is 370 g/mol. The highest BCUT2D eigenvalue weighted by molar-refractivity contribution is 5.74. The third kappa shape index (κ3) is 4.16. The van der Waals surface area contributed by atoms with Crippen LogP contribution in [0.2, 0.25) is 0 Å². The lowest BCUT2D eigenvalue weighted by atomic mass is 10.3. The van der Waals surface area contributed by atoms with Crippen molar-refractivity contribution in [1.82, 2.24) is 15.2 Å². The van der Waals surface area contributed by atoms with Crippen LogP contribution in [0.3, 0.4) is 0 Å². The Bertz CT molecular complexity index is 779. The first-order chi connectivity index (χ1) is 13.3. The number of amides is 2. The maximum Gasteiger partial charge on any atom is 0.317 e. The third-order valence-electron chi connectivity index (χ3n) is 4.53. The Kier molecular flexibility index (Phi) is 5.13. The first-order valence-corrected chi connectivity index (χ1v) is 9.01. The van der Waals surface area contributed by atoms with Crippen LogP contribution >= 0.6 is 0 Å². The molecule has 2 aliphatic rings. The number of pyridine rings is 1. The highest BCUT2D eigenvalue weighted by Gasteiger charge is 2.21. The summed E-state index contributed by atoms with van der Waals surface area (Å²) in [4.78, 5) is 20.7. The molecule has 0 radical (unpaired) electrons. The van der Waals surface area contributed by atoms with E-state index >= 15 is 0 Å². The van der Waals surface area contributed by atoms with E-state index in [2.05, 4.69) is 15.2 Å². The minimum absolute atomic E-state index is 0.0649. The fourth-order valence-electron chi connectivity index (χ4n) is 3.08. The molecule has 2 aromatic rings. The summed E-state index contributed by atoms with van der Waals surface area (Å²) in [5, 5.41) is 2.90. The van der Waals surface area contributed by atoms with Crippen molar-refractivity contribution in [3.8, 4) is 17.2 Å². The SMILES string of the molecule is O=C(NCCOc1ccc2c(c1)OCO2)N1CCN(c2ccccn2)CC1. The van der Waals surface area contributed by atoms with Crippen LogP contribution in [0.15, 0.2) is 42.6 Å². The zero-order valence-electron chi connectivity index (χ0n) is 15.0. The summed E-state index contributed by atoms with van der Waals surface area (Å²) in [6.07, 6.45) is 1.79. The smallest absolute Gasteiger partial charge is 0.317 e. The number of piperazine rings is 1. The number of urea groups is 1. The molecule has 1 aromatic heterocycles. The zero-order chi connectivity index (χ0) is 18.5. The summed E-state index contributed by atoms with van der Waals surface area (Å²) in [6.45, 7) is 3.96. The van der Waals surface area contributed by atoms with Gasteiger partial charge in [0.2, 0.25) is 6.79 Å². The van der Waals surface area contributed by atoms with Gasteiger partial charge in [0.1, 0.15) is 18.2 Å². The summed E-state index contributed by atoms with van der Waals surface area (Å²) >= 11 is 0. The molecule has 142 valence electrons. The number of ether oxygens (including phenoxy) is 3. The van der Waals surface area contributed by atoms with Crippen LogP contribution in [0.5, 0.6) is 17.2 Å². The molecule has 8 heteroatoms. The van der Waals surface area contributed by atoms with Gasteiger partial charge in [-0.3, -0.25) is 0 Å². The Morgan fingerprint density at radius 1 is 1.11 bits per heavy atom. The lowest BCUT2D eigenvalue weighted by Crippen LogP contribution is -2.52. The molecule has 2 aliphatic heterocycles. The van der Waals surface area contributed by atoms with Gasteiger partial charge in [0, 0.05) is 38.4 Å². The third-order valence-corrected chi connectivity index (χ3v) is 4.53. The van der Waals surface area contributed by atoms with E-state index in [1.165, 1.54) is 0 Å². The molecule has 0 saturated carbocycles. The van der Waals surface area contributed by atoms with Gasteiger partial charge in [-0.15, -0.1) is 0 Å². The quantitative estimate of drug-likeness (QED) is 0.808. The summed E-state index contributed by atoms with van der Waals surface area (Å²) in [6, 6.07) is 11.2. The van der Waals surface area contributed by atoms with Gasteiger partial charge in [-0.05, 0) is 24.3 Å². The standard InChI is InChI=1S/C19H22N4O4/c24-19(23-10-8-22(9-11-23)18-3-1-2-6-20-18)21-7-12-25-15-4-5-16-17(13-15)27-14-26-16/h1-6,13H,7-12,14H2,(H,21,24). The van der Waals surface area contributed by atoms with Gasteiger partial charge in [-0.25, -0.2) is 9.78 Å². The Labute approximate surface area is 157 Å². The van der Waals surface area contributed by atoms with Gasteiger partial charge in [0.15, 0.2) is 11.5 Å².